The Morgan fingerprint density at radius 1 is 1.24 bits per heavy atom. The molecule has 0 aliphatic carbocycles. The van der Waals surface area contributed by atoms with Gasteiger partial charge < -0.3 is 19.5 Å². The Kier molecular flexibility index (Phi) is 6.00. The maximum Gasteiger partial charge on any atom is 0.272 e. The maximum atomic E-state index is 13.1. The largest absolute Gasteiger partial charge is 0.489 e. The van der Waals surface area contributed by atoms with Crippen LogP contribution in [0.5, 0.6) is 5.75 Å². The SMILES string of the molecule is C.CC1=Nc2cc3c(cc2C1)OC[C@H](NC(=O)c1cn(Cc2ccccc2)cn1)C(=O)N3C. The lowest BCUT2D eigenvalue weighted by atomic mass is 10.1. The summed E-state index contributed by atoms with van der Waals surface area (Å²) < 4.78 is 7.76. The van der Waals surface area contributed by atoms with Crippen molar-refractivity contribution in [2.45, 2.75) is 33.4 Å². The van der Waals surface area contributed by atoms with E-state index in [0.717, 1.165) is 28.9 Å². The molecule has 170 valence electrons. The zero-order valence-corrected chi connectivity index (χ0v) is 17.9. The van der Waals surface area contributed by atoms with Crippen LogP contribution in [0.2, 0.25) is 0 Å². The predicted molar refractivity (Wildman–Crippen MR) is 128 cm³/mol. The zero-order valence-electron chi connectivity index (χ0n) is 17.9. The van der Waals surface area contributed by atoms with Crippen molar-refractivity contribution in [3.05, 3.63) is 71.8 Å². The summed E-state index contributed by atoms with van der Waals surface area (Å²) in [5, 5.41) is 2.77. The minimum absolute atomic E-state index is 0. The van der Waals surface area contributed by atoms with Gasteiger partial charge >= 0.3 is 0 Å². The number of hydrogen-bond donors (Lipinski definition) is 1. The third-order valence-corrected chi connectivity index (χ3v) is 5.69. The van der Waals surface area contributed by atoms with Crippen LogP contribution in [0.25, 0.3) is 0 Å². The molecule has 0 spiro atoms. The third-order valence-electron chi connectivity index (χ3n) is 5.69. The lowest BCUT2D eigenvalue weighted by Crippen LogP contribution is -2.49. The molecule has 0 unspecified atom stereocenters. The van der Waals surface area contributed by atoms with E-state index in [4.69, 9.17) is 4.74 Å². The summed E-state index contributed by atoms with van der Waals surface area (Å²) in [6, 6.07) is 12.9. The summed E-state index contributed by atoms with van der Waals surface area (Å²) in [6.07, 6.45) is 4.06. The van der Waals surface area contributed by atoms with E-state index < -0.39 is 11.9 Å². The Bertz CT molecular complexity index is 1230. The van der Waals surface area contributed by atoms with Crippen LogP contribution in [-0.4, -0.2) is 46.8 Å². The van der Waals surface area contributed by atoms with Crippen molar-refractivity contribution in [2.24, 2.45) is 4.99 Å². The molecule has 2 aromatic carbocycles. The molecule has 1 aromatic heterocycles. The molecule has 3 heterocycles. The summed E-state index contributed by atoms with van der Waals surface area (Å²) in [7, 11) is 1.68. The van der Waals surface area contributed by atoms with Crippen LogP contribution in [0.15, 0.2) is 60.0 Å². The molecule has 3 aromatic rings. The molecular formula is C25H27N5O3. The van der Waals surface area contributed by atoms with Crippen molar-refractivity contribution in [1.29, 1.82) is 0 Å². The smallest absolute Gasteiger partial charge is 0.272 e. The molecule has 8 heteroatoms. The van der Waals surface area contributed by atoms with Gasteiger partial charge in [0, 0.05) is 31.9 Å². The normalized spacial score (nSPS) is 16.7. The van der Waals surface area contributed by atoms with Crippen molar-refractivity contribution in [2.75, 3.05) is 18.6 Å². The molecule has 5 rings (SSSR count). The quantitative estimate of drug-likeness (QED) is 0.667. The Hall–Kier alpha value is -3.94. The van der Waals surface area contributed by atoms with E-state index in [1.165, 1.54) is 4.90 Å². The van der Waals surface area contributed by atoms with Crippen LogP contribution < -0.4 is 15.0 Å². The van der Waals surface area contributed by atoms with E-state index in [-0.39, 0.29) is 25.6 Å². The van der Waals surface area contributed by atoms with Crippen LogP contribution in [0.1, 0.15) is 36.0 Å². The molecule has 0 fully saturated rings. The summed E-state index contributed by atoms with van der Waals surface area (Å²) in [5.41, 5.74) is 4.98. The highest BCUT2D eigenvalue weighted by Gasteiger charge is 2.32. The first-order valence-electron chi connectivity index (χ1n) is 10.5. The lowest BCUT2D eigenvalue weighted by molar-refractivity contribution is -0.120. The predicted octanol–water partition coefficient (Wildman–Crippen LogP) is 3.37. The lowest BCUT2D eigenvalue weighted by Gasteiger charge is -2.20. The third kappa shape index (κ3) is 4.37. The van der Waals surface area contributed by atoms with E-state index in [1.807, 2.05) is 54.0 Å². The minimum atomic E-state index is -0.820. The second-order valence-electron chi connectivity index (χ2n) is 8.12. The number of aromatic nitrogens is 2. The summed E-state index contributed by atoms with van der Waals surface area (Å²) in [6.45, 7) is 2.64. The second-order valence-corrected chi connectivity index (χ2v) is 8.12. The van der Waals surface area contributed by atoms with Crippen molar-refractivity contribution in [3.63, 3.8) is 0 Å². The van der Waals surface area contributed by atoms with E-state index in [0.29, 0.717) is 18.0 Å². The maximum absolute atomic E-state index is 13.1. The molecule has 33 heavy (non-hydrogen) atoms. The molecular weight excluding hydrogens is 418 g/mol. The highest BCUT2D eigenvalue weighted by atomic mass is 16.5. The molecule has 1 N–H and O–H groups in total. The number of fused-ring (bicyclic) bond motifs is 2. The number of nitrogens with zero attached hydrogens (tertiary/aromatic N) is 4. The van der Waals surface area contributed by atoms with Gasteiger partial charge in [0.25, 0.3) is 11.8 Å². The molecule has 2 aliphatic heterocycles. The number of nitrogens with one attached hydrogen (secondary N) is 1. The van der Waals surface area contributed by atoms with Gasteiger partial charge in [-0.2, -0.15) is 0 Å². The van der Waals surface area contributed by atoms with Crippen molar-refractivity contribution >= 4 is 28.9 Å². The van der Waals surface area contributed by atoms with Gasteiger partial charge in [0.15, 0.2) is 0 Å². The van der Waals surface area contributed by atoms with Gasteiger partial charge in [-0.25, -0.2) is 4.98 Å². The van der Waals surface area contributed by atoms with E-state index >= 15 is 0 Å². The van der Waals surface area contributed by atoms with Crippen LogP contribution in [0.3, 0.4) is 0 Å². The molecule has 0 bridgehead atoms. The molecule has 2 amide bonds. The number of ether oxygens (including phenoxy) is 1. The zero-order chi connectivity index (χ0) is 22.2. The van der Waals surface area contributed by atoms with Crippen LogP contribution in [0, 0.1) is 0 Å². The highest BCUT2D eigenvalue weighted by Crippen LogP contribution is 2.39. The summed E-state index contributed by atoms with van der Waals surface area (Å²) in [5.74, 6) is -0.0475. The highest BCUT2D eigenvalue weighted by molar-refractivity contribution is 6.03. The fourth-order valence-electron chi connectivity index (χ4n) is 4.03. The average Bonchev–Trinajstić information content (AvgIpc) is 3.38. The van der Waals surface area contributed by atoms with Gasteiger partial charge in [0.2, 0.25) is 0 Å². The standard InChI is InChI=1S/C24H23N5O3.CH4/c1-15-8-17-9-22-21(10-18(17)26-15)28(2)24(31)20(13-32-22)27-23(30)19-12-29(14-25-19)11-16-6-4-3-5-7-16;/h3-7,9-10,12,14,20H,8,11,13H2,1-2H3,(H,27,30);1H4/t20-;/m0./s1. The number of anilines is 1. The Morgan fingerprint density at radius 3 is 2.82 bits per heavy atom. The van der Waals surface area contributed by atoms with Crippen molar-refractivity contribution in [3.8, 4) is 5.75 Å². The first-order chi connectivity index (χ1) is 15.5. The molecule has 1 atom stereocenters. The number of imidazole rings is 1. The monoisotopic (exact) mass is 445 g/mol. The molecule has 0 saturated heterocycles. The van der Waals surface area contributed by atoms with Gasteiger partial charge in [-0.05, 0) is 30.2 Å². The fourth-order valence-corrected chi connectivity index (χ4v) is 4.03. The van der Waals surface area contributed by atoms with Crippen molar-refractivity contribution < 1.29 is 14.3 Å². The second kappa shape index (κ2) is 8.90. The van der Waals surface area contributed by atoms with Gasteiger partial charge in [0.05, 0.1) is 17.7 Å². The van der Waals surface area contributed by atoms with E-state index in [1.54, 1.807) is 19.6 Å². The van der Waals surface area contributed by atoms with Gasteiger partial charge in [0.1, 0.15) is 24.1 Å². The average molecular weight is 446 g/mol. The van der Waals surface area contributed by atoms with Gasteiger partial charge in [-0.1, -0.05) is 37.8 Å². The van der Waals surface area contributed by atoms with E-state index in [9.17, 15) is 9.59 Å². The Balaban J connectivity index is 0.00000259. The number of benzene rings is 2. The first kappa shape index (κ1) is 22.3. The number of carbonyl (C=O) groups excluding carboxylic acids is 2. The number of carbonyl (C=O) groups is 2. The first-order valence-corrected chi connectivity index (χ1v) is 10.5. The number of rotatable bonds is 4. The summed E-state index contributed by atoms with van der Waals surface area (Å²) in [4.78, 5) is 36.1. The number of likely N-dealkylation sites (N-methyl/N-ethyl adjacent to an activating group) is 1. The number of amides is 2. The number of aliphatic imine (C=N–C) groups is 1. The molecule has 0 saturated carbocycles. The molecule has 0 radical (unpaired) electrons. The summed E-state index contributed by atoms with van der Waals surface area (Å²) >= 11 is 0. The fraction of sp³-hybridized carbons (Fsp3) is 0.280. The number of hydrogen-bond acceptors (Lipinski definition) is 5. The Morgan fingerprint density at radius 2 is 2.03 bits per heavy atom. The topological polar surface area (TPSA) is 88.8 Å². The van der Waals surface area contributed by atoms with Gasteiger partial charge in [-0.3, -0.25) is 14.6 Å². The molecule has 8 nitrogen and oxygen atoms in total. The minimum Gasteiger partial charge on any atom is -0.489 e. The van der Waals surface area contributed by atoms with Gasteiger partial charge in [-0.15, -0.1) is 0 Å². The van der Waals surface area contributed by atoms with E-state index in [2.05, 4.69) is 15.3 Å². The molecule has 2 aliphatic rings. The van der Waals surface area contributed by atoms with Crippen molar-refractivity contribution in [1.82, 2.24) is 14.9 Å². The van der Waals surface area contributed by atoms with Crippen LogP contribution in [0.4, 0.5) is 11.4 Å². The van der Waals surface area contributed by atoms with Crippen LogP contribution in [-0.2, 0) is 17.8 Å². The van der Waals surface area contributed by atoms with Crippen LogP contribution >= 0.6 is 0 Å². The Labute approximate surface area is 192 Å².